The van der Waals surface area contributed by atoms with Crippen molar-refractivity contribution in [1.29, 1.82) is 0 Å². The number of hydrogen-bond acceptors (Lipinski definition) is 3. The van der Waals surface area contributed by atoms with E-state index in [1.54, 1.807) is 23.6 Å². The van der Waals surface area contributed by atoms with Crippen LogP contribution in [0.5, 0.6) is 0 Å². The second-order valence-corrected chi connectivity index (χ2v) is 6.24. The van der Waals surface area contributed by atoms with Gasteiger partial charge in [-0.05, 0) is 28.1 Å². The molecule has 0 saturated heterocycles. The predicted octanol–water partition coefficient (Wildman–Crippen LogP) is 2.83. The minimum absolute atomic E-state index is 0.0522. The third kappa shape index (κ3) is 2.79. The molecule has 3 heterocycles. The Hall–Kier alpha value is -1.40. The Balaban J connectivity index is 1.67. The molecule has 1 N–H and O–H groups in total. The Morgan fingerprint density at radius 1 is 1.58 bits per heavy atom. The molecule has 0 bridgehead atoms. The molecule has 0 aliphatic carbocycles. The molecule has 1 amide bonds. The van der Waals surface area contributed by atoms with E-state index in [1.807, 2.05) is 22.4 Å². The summed E-state index contributed by atoms with van der Waals surface area (Å²) in [6.45, 7) is 1.38. The fourth-order valence-electron chi connectivity index (χ4n) is 2.08. The summed E-state index contributed by atoms with van der Waals surface area (Å²) in [5.74, 6) is 0.0522. The summed E-state index contributed by atoms with van der Waals surface area (Å²) in [6.07, 6.45) is 6.15. The van der Waals surface area contributed by atoms with Crippen molar-refractivity contribution in [2.24, 2.45) is 0 Å². The number of carbonyl (C=O) groups excluding carboxylic acids is 1. The summed E-state index contributed by atoms with van der Waals surface area (Å²) in [7, 11) is 0. The van der Waals surface area contributed by atoms with Gasteiger partial charge in [0.25, 0.3) is 0 Å². The van der Waals surface area contributed by atoms with Crippen LogP contribution < -0.4 is 0 Å². The van der Waals surface area contributed by atoms with Crippen molar-refractivity contribution in [3.05, 3.63) is 44.3 Å². The van der Waals surface area contributed by atoms with E-state index >= 15 is 0 Å². The van der Waals surface area contributed by atoms with E-state index in [0.717, 1.165) is 33.6 Å². The van der Waals surface area contributed by atoms with E-state index in [-0.39, 0.29) is 5.91 Å². The van der Waals surface area contributed by atoms with Gasteiger partial charge in [-0.15, -0.1) is 11.3 Å². The third-order valence-electron chi connectivity index (χ3n) is 3.09. The molecule has 0 fully saturated rings. The van der Waals surface area contributed by atoms with Crippen molar-refractivity contribution in [3.8, 4) is 0 Å². The highest BCUT2D eigenvalue weighted by atomic mass is 79.9. The summed E-state index contributed by atoms with van der Waals surface area (Å²) in [4.78, 5) is 15.0. The Morgan fingerprint density at radius 3 is 3.26 bits per heavy atom. The van der Waals surface area contributed by atoms with Crippen LogP contribution in [0.15, 0.2) is 28.2 Å². The van der Waals surface area contributed by atoms with Crippen LogP contribution in [0.4, 0.5) is 0 Å². The minimum Gasteiger partial charge on any atom is -0.334 e. The molecule has 2 aromatic heterocycles. The molecule has 3 rings (SSSR count). The Kier molecular flexibility index (Phi) is 3.52. The molecule has 19 heavy (non-hydrogen) atoms. The van der Waals surface area contributed by atoms with E-state index in [1.165, 1.54) is 0 Å². The van der Waals surface area contributed by atoms with Crippen molar-refractivity contribution in [2.45, 2.75) is 13.0 Å². The molecule has 1 aliphatic heterocycles. The van der Waals surface area contributed by atoms with E-state index in [4.69, 9.17) is 0 Å². The number of aromatic amines is 1. The Morgan fingerprint density at radius 2 is 2.47 bits per heavy atom. The first-order valence-electron chi connectivity index (χ1n) is 5.94. The zero-order valence-electron chi connectivity index (χ0n) is 10.1. The maximum absolute atomic E-state index is 12.1. The van der Waals surface area contributed by atoms with E-state index in [0.29, 0.717) is 6.54 Å². The van der Waals surface area contributed by atoms with Gasteiger partial charge < -0.3 is 4.90 Å². The van der Waals surface area contributed by atoms with Gasteiger partial charge >= 0.3 is 0 Å². The first kappa shape index (κ1) is 12.6. The number of aromatic nitrogens is 2. The largest absolute Gasteiger partial charge is 0.334 e. The number of carbonyl (C=O) groups is 1. The molecule has 2 aromatic rings. The van der Waals surface area contributed by atoms with Gasteiger partial charge in [0.15, 0.2) is 0 Å². The monoisotopic (exact) mass is 337 g/mol. The summed E-state index contributed by atoms with van der Waals surface area (Å²) in [6, 6.07) is 2.00. The molecule has 4 nitrogen and oxygen atoms in total. The second kappa shape index (κ2) is 5.30. The maximum atomic E-state index is 12.1. The Bertz CT molecular complexity index is 631. The predicted molar refractivity (Wildman–Crippen MR) is 78.8 cm³/mol. The van der Waals surface area contributed by atoms with Gasteiger partial charge in [0, 0.05) is 51.6 Å². The standard InChI is InChI=1S/C13H12BrN3OS/c14-10-5-11(19-8-10)1-2-13(18)17-4-3-12-9(7-17)6-15-16-12/h1-2,5-6,8H,3-4,7H2,(H,15,16)/b2-1+. The molecule has 0 spiro atoms. The van der Waals surface area contributed by atoms with Crippen LogP contribution in [0, 0.1) is 0 Å². The third-order valence-corrected chi connectivity index (χ3v) is 4.75. The highest BCUT2D eigenvalue weighted by molar-refractivity contribution is 9.10. The lowest BCUT2D eigenvalue weighted by Crippen LogP contribution is -2.34. The topological polar surface area (TPSA) is 49.0 Å². The molecule has 0 radical (unpaired) electrons. The summed E-state index contributed by atoms with van der Waals surface area (Å²) >= 11 is 5.01. The lowest BCUT2D eigenvalue weighted by molar-refractivity contribution is -0.126. The average Bonchev–Trinajstić information content (AvgIpc) is 3.03. The SMILES string of the molecule is O=C(/C=C/c1cc(Br)cs1)N1CCc2[nH]ncc2C1. The number of nitrogens with zero attached hydrogens (tertiary/aromatic N) is 2. The minimum atomic E-state index is 0.0522. The van der Waals surface area contributed by atoms with Crippen molar-refractivity contribution in [1.82, 2.24) is 15.1 Å². The number of nitrogens with one attached hydrogen (secondary N) is 1. The fraction of sp³-hybridized carbons (Fsp3) is 0.231. The van der Waals surface area contributed by atoms with Crippen molar-refractivity contribution in [2.75, 3.05) is 6.54 Å². The van der Waals surface area contributed by atoms with E-state index in [2.05, 4.69) is 26.1 Å². The Labute approximate surface area is 123 Å². The highest BCUT2D eigenvalue weighted by Gasteiger charge is 2.20. The van der Waals surface area contributed by atoms with Gasteiger partial charge in [-0.1, -0.05) is 0 Å². The van der Waals surface area contributed by atoms with Gasteiger partial charge in [0.2, 0.25) is 5.91 Å². The lowest BCUT2D eigenvalue weighted by Gasteiger charge is -2.25. The number of halogens is 1. The average molecular weight is 338 g/mol. The number of rotatable bonds is 2. The van der Waals surface area contributed by atoms with Gasteiger partial charge in [0.05, 0.1) is 6.20 Å². The van der Waals surface area contributed by atoms with Gasteiger partial charge in [-0.3, -0.25) is 9.89 Å². The molecule has 0 saturated carbocycles. The summed E-state index contributed by atoms with van der Waals surface area (Å²) in [5, 5.41) is 8.98. The smallest absolute Gasteiger partial charge is 0.246 e. The zero-order chi connectivity index (χ0) is 13.2. The normalized spacial score (nSPS) is 14.9. The lowest BCUT2D eigenvalue weighted by atomic mass is 10.1. The molecule has 0 unspecified atom stereocenters. The molecule has 0 aromatic carbocycles. The highest BCUT2D eigenvalue weighted by Crippen LogP contribution is 2.21. The first-order valence-corrected chi connectivity index (χ1v) is 7.62. The quantitative estimate of drug-likeness (QED) is 0.856. The van der Waals surface area contributed by atoms with Crippen LogP contribution in [0.25, 0.3) is 6.08 Å². The van der Waals surface area contributed by atoms with Crippen molar-refractivity contribution >= 4 is 39.2 Å². The second-order valence-electron chi connectivity index (χ2n) is 4.38. The van der Waals surface area contributed by atoms with Crippen LogP contribution >= 0.6 is 27.3 Å². The van der Waals surface area contributed by atoms with Crippen LogP contribution in [0.3, 0.4) is 0 Å². The number of hydrogen-bond donors (Lipinski definition) is 1. The van der Waals surface area contributed by atoms with Crippen LogP contribution in [-0.2, 0) is 17.8 Å². The van der Waals surface area contributed by atoms with Crippen LogP contribution in [0.2, 0.25) is 0 Å². The van der Waals surface area contributed by atoms with Crippen molar-refractivity contribution in [3.63, 3.8) is 0 Å². The number of fused-ring (bicyclic) bond motifs is 1. The molecule has 0 atom stereocenters. The number of H-pyrrole nitrogens is 1. The molecule has 6 heteroatoms. The maximum Gasteiger partial charge on any atom is 0.246 e. The number of amides is 1. The molecular formula is C13H12BrN3OS. The van der Waals surface area contributed by atoms with Gasteiger partial charge in [-0.25, -0.2) is 0 Å². The summed E-state index contributed by atoms with van der Waals surface area (Å²) < 4.78 is 1.05. The molecule has 1 aliphatic rings. The zero-order valence-corrected chi connectivity index (χ0v) is 12.5. The summed E-state index contributed by atoms with van der Waals surface area (Å²) in [5.41, 5.74) is 2.27. The molecular weight excluding hydrogens is 326 g/mol. The van der Waals surface area contributed by atoms with Gasteiger partial charge in [-0.2, -0.15) is 5.10 Å². The number of thiophene rings is 1. The van der Waals surface area contributed by atoms with Gasteiger partial charge in [0.1, 0.15) is 0 Å². The first-order chi connectivity index (χ1) is 9.22. The van der Waals surface area contributed by atoms with Crippen LogP contribution in [-0.4, -0.2) is 27.5 Å². The molecule has 98 valence electrons. The fourth-order valence-corrected chi connectivity index (χ4v) is 3.42. The van der Waals surface area contributed by atoms with Crippen LogP contribution in [0.1, 0.15) is 16.1 Å². The van der Waals surface area contributed by atoms with Crippen molar-refractivity contribution < 1.29 is 4.79 Å². The van der Waals surface area contributed by atoms with E-state index in [9.17, 15) is 4.79 Å². The van der Waals surface area contributed by atoms with E-state index < -0.39 is 0 Å².